The van der Waals surface area contributed by atoms with Gasteiger partial charge in [0.2, 0.25) is 11.8 Å². The zero-order valence-corrected chi connectivity index (χ0v) is 17.7. The highest BCUT2D eigenvalue weighted by molar-refractivity contribution is 9.10. The van der Waals surface area contributed by atoms with E-state index in [1.165, 1.54) is 9.91 Å². The fourth-order valence-corrected chi connectivity index (χ4v) is 4.57. The molecule has 148 valence electrons. The van der Waals surface area contributed by atoms with Crippen molar-refractivity contribution in [1.29, 1.82) is 0 Å². The molecule has 2 aliphatic rings. The zero-order chi connectivity index (χ0) is 20.8. The number of halogens is 1. The van der Waals surface area contributed by atoms with Gasteiger partial charge in [-0.15, -0.1) is 0 Å². The second-order valence-electron chi connectivity index (χ2n) is 7.26. The van der Waals surface area contributed by atoms with Gasteiger partial charge in [-0.3, -0.25) is 19.3 Å². The van der Waals surface area contributed by atoms with Gasteiger partial charge < -0.3 is 0 Å². The number of carbonyl (C=O) groups is 3. The summed E-state index contributed by atoms with van der Waals surface area (Å²) in [5, 5.41) is 5.85. The molecule has 0 saturated carbocycles. The third kappa shape index (κ3) is 2.92. The molecule has 0 bridgehead atoms. The Hall–Kier alpha value is -2.80. The maximum absolute atomic E-state index is 13.5. The van der Waals surface area contributed by atoms with E-state index in [1.807, 2.05) is 25.1 Å². The van der Waals surface area contributed by atoms with Gasteiger partial charge in [0, 0.05) is 10.9 Å². The van der Waals surface area contributed by atoms with E-state index in [-0.39, 0.29) is 24.1 Å². The third-order valence-electron chi connectivity index (χ3n) is 5.85. The second kappa shape index (κ2) is 7.22. The Labute approximate surface area is 177 Å². The molecule has 0 unspecified atom stereocenters. The minimum absolute atomic E-state index is 0.00995. The molecule has 2 aromatic rings. The minimum Gasteiger partial charge on any atom is -0.274 e. The number of para-hydroxylation sites is 1. The number of rotatable bonds is 4. The van der Waals surface area contributed by atoms with Crippen LogP contribution in [-0.4, -0.2) is 23.4 Å². The number of hydrazone groups is 1. The first-order valence-electron chi connectivity index (χ1n) is 9.47. The predicted molar refractivity (Wildman–Crippen MR) is 115 cm³/mol. The summed E-state index contributed by atoms with van der Waals surface area (Å²) in [4.78, 5) is 40.9. The monoisotopic (exact) mass is 453 g/mol. The average Bonchev–Trinajstić information content (AvgIpc) is 3.16. The summed E-state index contributed by atoms with van der Waals surface area (Å²) in [7, 11) is 0. The number of anilines is 2. The number of nitrogens with zero attached hydrogens (tertiary/aromatic N) is 3. The van der Waals surface area contributed by atoms with E-state index in [0.717, 1.165) is 4.47 Å². The van der Waals surface area contributed by atoms with E-state index in [9.17, 15) is 14.4 Å². The molecule has 6 nitrogen and oxygen atoms in total. The highest BCUT2D eigenvalue weighted by Gasteiger charge is 2.60. The Kier molecular flexibility index (Phi) is 4.86. The molecule has 0 radical (unpaired) electrons. The Morgan fingerprint density at radius 3 is 2.31 bits per heavy atom. The van der Waals surface area contributed by atoms with Crippen LogP contribution in [0.25, 0.3) is 0 Å². The highest BCUT2D eigenvalue weighted by Crippen LogP contribution is 2.47. The fourth-order valence-electron chi connectivity index (χ4n) is 4.31. The molecule has 0 aliphatic carbocycles. The van der Waals surface area contributed by atoms with Crippen LogP contribution in [0.5, 0.6) is 0 Å². The maximum Gasteiger partial charge on any atom is 0.260 e. The van der Waals surface area contributed by atoms with E-state index in [4.69, 9.17) is 0 Å². The molecule has 2 aromatic carbocycles. The lowest BCUT2D eigenvalue weighted by Gasteiger charge is -2.31. The van der Waals surface area contributed by atoms with E-state index in [2.05, 4.69) is 21.0 Å². The quantitative estimate of drug-likeness (QED) is 0.652. The number of hydrogen-bond acceptors (Lipinski definition) is 4. The first kappa shape index (κ1) is 19.5. The minimum atomic E-state index is -1.12. The van der Waals surface area contributed by atoms with Crippen molar-refractivity contribution in [3.05, 3.63) is 59.1 Å². The van der Waals surface area contributed by atoms with Crippen LogP contribution in [0, 0.1) is 11.3 Å². The SMILES string of the molecule is CC[C@@]1([C@H]2CC(=O)N(c3ccc(Br)cc3)C2=O)C(=O)N(c2ccccc2)N=C1C. The van der Waals surface area contributed by atoms with Crippen molar-refractivity contribution in [3.63, 3.8) is 0 Å². The van der Waals surface area contributed by atoms with E-state index in [0.29, 0.717) is 23.5 Å². The Morgan fingerprint density at radius 1 is 1.03 bits per heavy atom. The van der Waals surface area contributed by atoms with Crippen molar-refractivity contribution >= 4 is 50.7 Å². The molecule has 2 atom stereocenters. The molecular formula is C22H20BrN3O3. The van der Waals surface area contributed by atoms with Crippen LogP contribution < -0.4 is 9.91 Å². The summed E-state index contributed by atoms with van der Waals surface area (Å²) in [6, 6.07) is 16.1. The molecule has 3 amide bonds. The summed E-state index contributed by atoms with van der Waals surface area (Å²) >= 11 is 3.36. The van der Waals surface area contributed by atoms with Gasteiger partial charge in [-0.25, -0.2) is 0 Å². The number of imide groups is 1. The summed E-state index contributed by atoms with van der Waals surface area (Å²) in [6.07, 6.45) is 0.381. The van der Waals surface area contributed by atoms with Crippen molar-refractivity contribution in [1.82, 2.24) is 0 Å². The van der Waals surface area contributed by atoms with Crippen molar-refractivity contribution in [2.24, 2.45) is 16.4 Å². The van der Waals surface area contributed by atoms with E-state index < -0.39 is 11.3 Å². The molecule has 1 fully saturated rings. The van der Waals surface area contributed by atoms with Crippen molar-refractivity contribution < 1.29 is 14.4 Å². The highest BCUT2D eigenvalue weighted by atomic mass is 79.9. The van der Waals surface area contributed by atoms with Gasteiger partial charge >= 0.3 is 0 Å². The lowest BCUT2D eigenvalue weighted by molar-refractivity contribution is -0.132. The van der Waals surface area contributed by atoms with Gasteiger partial charge in [-0.1, -0.05) is 41.1 Å². The second-order valence-corrected chi connectivity index (χ2v) is 8.18. The van der Waals surface area contributed by atoms with Crippen LogP contribution in [0.1, 0.15) is 26.7 Å². The van der Waals surface area contributed by atoms with E-state index >= 15 is 0 Å². The fraction of sp³-hybridized carbons (Fsp3) is 0.273. The van der Waals surface area contributed by atoms with Crippen LogP contribution in [-0.2, 0) is 14.4 Å². The molecule has 0 spiro atoms. The lowest BCUT2D eigenvalue weighted by atomic mass is 9.69. The van der Waals surface area contributed by atoms with Crippen LogP contribution >= 0.6 is 15.9 Å². The first-order valence-corrected chi connectivity index (χ1v) is 10.3. The summed E-state index contributed by atoms with van der Waals surface area (Å²) in [5.74, 6) is -1.67. The van der Waals surface area contributed by atoms with Crippen LogP contribution in [0.4, 0.5) is 11.4 Å². The third-order valence-corrected chi connectivity index (χ3v) is 6.38. The average molecular weight is 454 g/mol. The summed E-state index contributed by atoms with van der Waals surface area (Å²) in [6.45, 7) is 3.63. The van der Waals surface area contributed by atoms with Gasteiger partial charge in [0.1, 0.15) is 5.41 Å². The molecule has 2 heterocycles. The van der Waals surface area contributed by atoms with Gasteiger partial charge in [-0.2, -0.15) is 10.1 Å². The summed E-state index contributed by atoms with van der Waals surface area (Å²) in [5.41, 5.74) is 0.607. The standard InChI is InChI=1S/C22H20BrN3O3/c1-3-22(14(2)24-26(21(22)29)17-7-5-4-6-8-17)18-13-19(27)25(20(18)28)16-11-9-15(23)10-12-16/h4-12,18H,3,13H2,1-2H3/t18-,22+/m0/s1. The predicted octanol–water partition coefficient (Wildman–Crippen LogP) is 4.15. The Balaban J connectivity index is 1.72. The molecular weight excluding hydrogens is 434 g/mol. The van der Waals surface area contributed by atoms with Crippen molar-refractivity contribution in [2.75, 3.05) is 9.91 Å². The zero-order valence-electron chi connectivity index (χ0n) is 16.1. The molecule has 7 heteroatoms. The summed E-state index contributed by atoms with van der Waals surface area (Å²) < 4.78 is 0.856. The molecule has 0 N–H and O–H groups in total. The molecule has 1 saturated heterocycles. The number of carbonyl (C=O) groups excluding carboxylic acids is 3. The maximum atomic E-state index is 13.5. The molecule has 0 aromatic heterocycles. The van der Waals surface area contributed by atoms with Crippen LogP contribution in [0.3, 0.4) is 0 Å². The van der Waals surface area contributed by atoms with Crippen molar-refractivity contribution in [3.8, 4) is 0 Å². The Morgan fingerprint density at radius 2 is 1.69 bits per heavy atom. The van der Waals surface area contributed by atoms with Gasteiger partial charge in [0.25, 0.3) is 5.91 Å². The van der Waals surface area contributed by atoms with Crippen LogP contribution in [0.15, 0.2) is 64.2 Å². The largest absolute Gasteiger partial charge is 0.274 e. The normalized spacial score (nSPS) is 24.4. The number of amides is 3. The Bertz CT molecular complexity index is 1020. The smallest absolute Gasteiger partial charge is 0.260 e. The number of benzene rings is 2. The van der Waals surface area contributed by atoms with Gasteiger partial charge in [0.05, 0.1) is 23.0 Å². The topological polar surface area (TPSA) is 70.1 Å². The molecule has 4 rings (SSSR count). The van der Waals surface area contributed by atoms with Gasteiger partial charge in [-0.05, 0) is 49.7 Å². The lowest BCUT2D eigenvalue weighted by Crippen LogP contribution is -2.47. The van der Waals surface area contributed by atoms with Crippen molar-refractivity contribution in [2.45, 2.75) is 26.7 Å². The van der Waals surface area contributed by atoms with E-state index in [1.54, 1.807) is 43.3 Å². The molecule has 2 aliphatic heterocycles. The van der Waals surface area contributed by atoms with Crippen LogP contribution in [0.2, 0.25) is 0 Å². The van der Waals surface area contributed by atoms with Gasteiger partial charge in [0.15, 0.2) is 0 Å². The molecule has 29 heavy (non-hydrogen) atoms. The first-order chi connectivity index (χ1) is 13.9. The number of hydrogen-bond donors (Lipinski definition) is 0.